The Labute approximate surface area is 116 Å². The second kappa shape index (κ2) is 5.99. The lowest BCUT2D eigenvalue weighted by atomic mass is 10.0. The number of aromatic nitrogens is 1. The van der Waals surface area contributed by atoms with Crippen LogP contribution in [0.1, 0.15) is 17.3 Å². The zero-order valence-corrected chi connectivity index (χ0v) is 11.4. The summed E-state index contributed by atoms with van der Waals surface area (Å²) in [6.45, 7) is 0. The lowest BCUT2D eigenvalue weighted by molar-refractivity contribution is 0.410. The molecule has 0 fully saturated rings. The van der Waals surface area contributed by atoms with Gasteiger partial charge in [-0.3, -0.25) is 4.98 Å². The van der Waals surface area contributed by atoms with E-state index in [9.17, 15) is 4.39 Å². The molecule has 2 aromatic rings. The minimum Gasteiger partial charge on any atom is -0.497 e. The van der Waals surface area contributed by atoms with Gasteiger partial charge in [0.25, 0.3) is 0 Å². The van der Waals surface area contributed by atoms with Crippen LogP contribution in [0, 0.1) is 5.82 Å². The van der Waals surface area contributed by atoms with Gasteiger partial charge in [0.15, 0.2) is 0 Å². The van der Waals surface area contributed by atoms with Crippen molar-refractivity contribution in [1.29, 1.82) is 0 Å². The Hall–Kier alpha value is -1.65. The Morgan fingerprint density at radius 3 is 2.74 bits per heavy atom. The summed E-state index contributed by atoms with van der Waals surface area (Å²) < 4.78 is 19.1. The molecule has 1 aromatic carbocycles. The Balaban J connectivity index is 2.46. The Bertz CT molecular complexity index is 577. The monoisotopic (exact) mass is 280 g/mol. The normalized spacial score (nSPS) is 12.2. The van der Waals surface area contributed by atoms with E-state index in [4.69, 9.17) is 16.3 Å². The van der Waals surface area contributed by atoms with Crippen molar-refractivity contribution in [3.63, 3.8) is 0 Å². The fourth-order valence-electron chi connectivity index (χ4n) is 1.92. The molecular weight excluding hydrogens is 267 g/mol. The lowest BCUT2D eigenvalue weighted by Gasteiger charge is -2.18. The van der Waals surface area contributed by atoms with Crippen LogP contribution in [-0.2, 0) is 0 Å². The first-order valence-electron chi connectivity index (χ1n) is 5.78. The van der Waals surface area contributed by atoms with Crippen molar-refractivity contribution in [2.45, 2.75) is 6.04 Å². The number of hydrogen-bond acceptors (Lipinski definition) is 3. The SMILES string of the molecule is CNC(c1ccc(OC)cc1F)c1ncccc1Cl. The first-order valence-corrected chi connectivity index (χ1v) is 6.16. The second-order valence-electron chi connectivity index (χ2n) is 3.98. The van der Waals surface area contributed by atoms with Gasteiger partial charge in [-0.05, 0) is 25.2 Å². The first kappa shape index (κ1) is 13.8. The molecule has 1 atom stereocenters. The van der Waals surface area contributed by atoms with E-state index in [0.29, 0.717) is 22.0 Å². The molecule has 1 unspecified atom stereocenters. The summed E-state index contributed by atoms with van der Waals surface area (Å²) in [5, 5.41) is 3.52. The molecule has 0 bridgehead atoms. The number of pyridine rings is 1. The van der Waals surface area contributed by atoms with Gasteiger partial charge in [-0.2, -0.15) is 0 Å². The molecule has 0 radical (unpaired) electrons. The summed E-state index contributed by atoms with van der Waals surface area (Å²) in [6.07, 6.45) is 1.63. The smallest absolute Gasteiger partial charge is 0.132 e. The topological polar surface area (TPSA) is 34.1 Å². The molecule has 0 amide bonds. The molecule has 1 heterocycles. The highest BCUT2D eigenvalue weighted by Crippen LogP contribution is 2.29. The van der Waals surface area contributed by atoms with Crippen LogP contribution in [0.4, 0.5) is 4.39 Å². The highest BCUT2D eigenvalue weighted by Gasteiger charge is 2.20. The van der Waals surface area contributed by atoms with E-state index in [2.05, 4.69) is 10.3 Å². The largest absolute Gasteiger partial charge is 0.497 e. The number of ether oxygens (including phenoxy) is 1. The molecule has 0 spiro atoms. The van der Waals surface area contributed by atoms with E-state index in [0.717, 1.165) is 0 Å². The van der Waals surface area contributed by atoms with Crippen molar-refractivity contribution in [3.8, 4) is 5.75 Å². The van der Waals surface area contributed by atoms with Crippen LogP contribution in [0.2, 0.25) is 5.02 Å². The molecule has 0 aliphatic rings. The fourth-order valence-corrected chi connectivity index (χ4v) is 2.15. The van der Waals surface area contributed by atoms with E-state index in [1.807, 2.05) is 0 Å². The molecule has 2 rings (SSSR count). The van der Waals surface area contributed by atoms with Crippen molar-refractivity contribution < 1.29 is 9.13 Å². The standard InChI is InChI=1S/C14H14ClFN2O/c1-17-13(14-11(15)4-3-7-18-14)10-6-5-9(19-2)8-12(10)16/h3-8,13,17H,1-2H3. The molecular formula is C14H14ClFN2O. The fraction of sp³-hybridized carbons (Fsp3) is 0.214. The van der Waals surface area contributed by atoms with Crippen molar-refractivity contribution in [3.05, 3.63) is 58.6 Å². The molecule has 5 heteroatoms. The van der Waals surface area contributed by atoms with Gasteiger partial charge in [-0.1, -0.05) is 17.7 Å². The zero-order valence-electron chi connectivity index (χ0n) is 10.7. The number of hydrogen-bond donors (Lipinski definition) is 1. The number of benzene rings is 1. The van der Waals surface area contributed by atoms with Crippen LogP contribution in [0.5, 0.6) is 5.75 Å². The van der Waals surface area contributed by atoms with Crippen LogP contribution < -0.4 is 10.1 Å². The van der Waals surface area contributed by atoms with Gasteiger partial charge >= 0.3 is 0 Å². The van der Waals surface area contributed by atoms with E-state index < -0.39 is 6.04 Å². The number of rotatable bonds is 4. The molecule has 0 aliphatic heterocycles. The van der Waals surface area contributed by atoms with E-state index >= 15 is 0 Å². The number of nitrogens with one attached hydrogen (secondary N) is 1. The summed E-state index contributed by atoms with van der Waals surface area (Å²) in [5.41, 5.74) is 1.07. The molecule has 1 aromatic heterocycles. The Morgan fingerprint density at radius 1 is 1.37 bits per heavy atom. The van der Waals surface area contributed by atoms with Crippen molar-refractivity contribution >= 4 is 11.6 Å². The third kappa shape index (κ3) is 2.85. The highest BCUT2D eigenvalue weighted by atomic mass is 35.5. The molecule has 0 aliphatic carbocycles. The van der Waals surface area contributed by atoms with E-state index in [1.54, 1.807) is 37.5 Å². The summed E-state index contributed by atoms with van der Waals surface area (Å²) >= 11 is 6.11. The minimum atomic E-state index is -0.403. The summed E-state index contributed by atoms with van der Waals surface area (Å²) in [6, 6.07) is 7.79. The quantitative estimate of drug-likeness (QED) is 0.934. The van der Waals surface area contributed by atoms with Gasteiger partial charge in [-0.15, -0.1) is 0 Å². The highest BCUT2D eigenvalue weighted by molar-refractivity contribution is 6.31. The molecule has 1 N–H and O–H groups in total. The molecule has 100 valence electrons. The lowest BCUT2D eigenvalue weighted by Crippen LogP contribution is -2.20. The molecule has 3 nitrogen and oxygen atoms in total. The van der Waals surface area contributed by atoms with Gasteiger partial charge in [0, 0.05) is 17.8 Å². The maximum atomic E-state index is 14.1. The van der Waals surface area contributed by atoms with E-state index in [1.165, 1.54) is 13.2 Å². The van der Waals surface area contributed by atoms with Crippen LogP contribution in [0.3, 0.4) is 0 Å². The van der Waals surface area contributed by atoms with E-state index in [-0.39, 0.29) is 5.82 Å². The minimum absolute atomic E-state index is 0.361. The van der Waals surface area contributed by atoms with Crippen LogP contribution in [0.25, 0.3) is 0 Å². The maximum absolute atomic E-state index is 14.1. The Kier molecular flexibility index (Phi) is 4.35. The molecule has 0 saturated heterocycles. The summed E-state index contributed by atoms with van der Waals surface area (Å²) in [4.78, 5) is 4.22. The predicted molar refractivity (Wildman–Crippen MR) is 73.1 cm³/mol. The van der Waals surface area contributed by atoms with Crippen LogP contribution >= 0.6 is 11.6 Å². The summed E-state index contributed by atoms with van der Waals surface area (Å²) in [7, 11) is 3.24. The zero-order chi connectivity index (χ0) is 13.8. The van der Waals surface area contributed by atoms with Crippen LogP contribution in [0.15, 0.2) is 36.5 Å². The second-order valence-corrected chi connectivity index (χ2v) is 4.39. The third-order valence-corrected chi connectivity index (χ3v) is 3.19. The van der Waals surface area contributed by atoms with Gasteiger partial charge in [0.05, 0.1) is 23.9 Å². The number of halogens is 2. The molecule has 0 saturated carbocycles. The first-order chi connectivity index (χ1) is 9.17. The van der Waals surface area contributed by atoms with Gasteiger partial charge in [0.1, 0.15) is 11.6 Å². The number of nitrogens with zero attached hydrogens (tertiary/aromatic N) is 1. The van der Waals surface area contributed by atoms with Crippen LogP contribution in [-0.4, -0.2) is 19.1 Å². The van der Waals surface area contributed by atoms with Gasteiger partial charge in [0.2, 0.25) is 0 Å². The average Bonchev–Trinajstić information content (AvgIpc) is 2.43. The Morgan fingerprint density at radius 2 is 2.16 bits per heavy atom. The maximum Gasteiger partial charge on any atom is 0.132 e. The van der Waals surface area contributed by atoms with Crippen molar-refractivity contribution in [2.75, 3.05) is 14.2 Å². The molecule has 19 heavy (non-hydrogen) atoms. The van der Waals surface area contributed by atoms with Gasteiger partial charge < -0.3 is 10.1 Å². The average molecular weight is 281 g/mol. The number of methoxy groups -OCH3 is 1. The predicted octanol–water partition coefficient (Wildman–Crippen LogP) is 3.19. The van der Waals surface area contributed by atoms with Crippen molar-refractivity contribution in [1.82, 2.24) is 10.3 Å². The third-order valence-electron chi connectivity index (χ3n) is 2.87. The van der Waals surface area contributed by atoms with Crippen molar-refractivity contribution in [2.24, 2.45) is 0 Å². The summed E-state index contributed by atoms with van der Waals surface area (Å²) in [5.74, 6) is 0.114. The van der Waals surface area contributed by atoms with Gasteiger partial charge in [-0.25, -0.2) is 4.39 Å².